The molecule has 0 spiro atoms. The van der Waals surface area contributed by atoms with E-state index < -0.39 is 0 Å². The molecule has 164 valence electrons. The van der Waals surface area contributed by atoms with Gasteiger partial charge in [0.25, 0.3) is 5.91 Å². The van der Waals surface area contributed by atoms with Crippen LogP contribution in [0.2, 0.25) is 0 Å². The van der Waals surface area contributed by atoms with Gasteiger partial charge >= 0.3 is 0 Å². The molecule has 9 heteroatoms. The van der Waals surface area contributed by atoms with Crippen LogP contribution in [-0.2, 0) is 0 Å². The molecule has 0 aliphatic carbocycles. The first kappa shape index (κ1) is 20.6. The molecule has 1 saturated heterocycles. The molecule has 4 heterocycles. The summed E-state index contributed by atoms with van der Waals surface area (Å²) in [5.74, 6) is 0.681. The topological polar surface area (TPSA) is 67.2 Å². The first-order chi connectivity index (χ1) is 15.5. The molecule has 0 N–H and O–H groups in total. The van der Waals surface area contributed by atoms with Crippen molar-refractivity contribution in [3.8, 4) is 5.69 Å². The van der Waals surface area contributed by atoms with Crippen molar-refractivity contribution in [2.75, 3.05) is 31.1 Å². The van der Waals surface area contributed by atoms with Gasteiger partial charge in [-0.3, -0.25) is 4.79 Å². The molecule has 4 aromatic rings. The van der Waals surface area contributed by atoms with Gasteiger partial charge in [-0.15, -0.1) is 11.3 Å². The zero-order valence-corrected chi connectivity index (χ0v) is 18.7. The zero-order valence-electron chi connectivity index (χ0n) is 17.9. The maximum atomic E-state index is 13.4. The van der Waals surface area contributed by atoms with Crippen LogP contribution < -0.4 is 4.90 Å². The summed E-state index contributed by atoms with van der Waals surface area (Å²) in [6.07, 6.45) is 3.23. The number of nitrogens with zero attached hydrogens (tertiary/aromatic N) is 6. The van der Waals surface area contributed by atoms with Crippen LogP contribution in [0.3, 0.4) is 0 Å². The van der Waals surface area contributed by atoms with Crippen LogP contribution >= 0.6 is 11.3 Å². The average Bonchev–Trinajstić information content (AvgIpc) is 3.46. The van der Waals surface area contributed by atoms with E-state index in [0.29, 0.717) is 31.7 Å². The second-order valence-electron chi connectivity index (χ2n) is 8.10. The summed E-state index contributed by atoms with van der Waals surface area (Å²) in [4.78, 5) is 27.3. The van der Waals surface area contributed by atoms with E-state index in [0.717, 1.165) is 27.4 Å². The Hall–Kier alpha value is -3.33. The predicted octanol–water partition coefficient (Wildman–Crippen LogP) is 4.10. The van der Waals surface area contributed by atoms with Crippen LogP contribution in [-0.4, -0.2) is 56.7 Å². The van der Waals surface area contributed by atoms with E-state index in [9.17, 15) is 9.18 Å². The van der Waals surface area contributed by atoms with E-state index >= 15 is 0 Å². The van der Waals surface area contributed by atoms with Gasteiger partial charge in [0.1, 0.15) is 22.8 Å². The molecule has 0 bridgehead atoms. The van der Waals surface area contributed by atoms with Gasteiger partial charge in [0.2, 0.25) is 0 Å². The number of carbonyl (C=O) groups excluding carboxylic acids is 1. The van der Waals surface area contributed by atoms with Crippen molar-refractivity contribution in [2.24, 2.45) is 0 Å². The minimum absolute atomic E-state index is 0.0231. The number of hydrogen-bond acceptors (Lipinski definition) is 6. The number of halogens is 1. The average molecular weight is 451 g/mol. The van der Waals surface area contributed by atoms with Crippen LogP contribution in [0.15, 0.2) is 48.2 Å². The molecule has 1 aromatic carbocycles. The SMILES string of the molecule is CC(C)c1c(C(=O)N2CCN(c3ncnc4sccc34)CC2)cnn1-c1ccc(F)cc1. The van der Waals surface area contributed by atoms with Crippen LogP contribution in [0.25, 0.3) is 15.9 Å². The van der Waals surface area contributed by atoms with Crippen LogP contribution in [0.4, 0.5) is 10.2 Å². The summed E-state index contributed by atoms with van der Waals surface area (Å²) in [5, 5.41) is 7.54. The van der Waals surface area contributed by atoms with E-state index in [4.69, 9.17) is 0 Å². The number of anilines is 1. The first-order valence-electron chi connectivity index (χ1n) is 10.6. The summed E-state index contributed by atoms with van der Waals surface area (Å²) in [6.45, 7) is 6.69. The van der Waals surface area contributed by atoms with Crippen molar-refractivity contribution in [1.29, 1.82) is 0 Å². The Morgan fingerprint density at radius 1 is 1.06 bits per heavy atom. The van der Waals surface area contributed by atoms with Gasteiger partial charge in [-0.05, 0) is 41.6 Å². The van der Waals surface area contributed by atoms with Gasteiger partial charge < -0.3 is 9.80 Å². The smallest absolute Gasteiger partial charge is 0.257 e. The molecule has 0 atom stereocenters. The lowest BCUT2D eigenvalue weighted by molar-refractivity contribution is 0.0745. The minimum atomic E-state index is -0.301. The fourth-order valence-electron chi connectivity index (χ4n) is 4.19. The summed E-state index contributed by atoms with van der Waals surface area (Å²) in [6, 6.07) is 8.20. The summed E-state index contributed by atoms with van der Waals surface area (Å²) in [5.41, 5.74) is 2.17. The third-order valence-corrected chi connectivity index (χ3v) is 6.58. The molecule has 3 aromatic heterocycles. The number of piperazine rings is 1. The Morgan fingerprint density at radius 3 is 2.53 bits per heavy atom. The Labute approximate surface area is 189 Å². The van der Waals surface area contributed by atoms with Crippen LogP contribution in [0.5, 0.6) is 0 Å². The second-order valence-corrected chi connectivity index (χ2v) is 9.00. The highest BCUT2D eigenvalue weighted by atomic mass is 32.1. The molecule has 32 heavy (non-hydrogen) atoms. The van der Waals surface area contributed by atoms with Crippen molar-refractivity contribution >= 4 is 33.3 Å². The molecule has 7 nitrogen and oxygen atoms in total. The lowest BCUT2D eigenvalue weighted by Crippen LogP contribution is -2.49. The maximum Gasteiger partial charge on any atom is 0.257 e. The maximum absolute atomic E-state index is 13.4. The van der Waals surface area contributed by atoms with Crippen molar-refractivity contribution in [3.05, 3.63) is 65.3 Å². The number of carbonyl (C=O) groups is 1. The Morgan fingerprint density at radius 2 is 1.81 bits per heavy atom. The van der Waals surface area contributed by atoms with E-state index in [1.807, 2.05) is 30.2 Å². The molecule has 1 aliphatic rings. The van der Waals surface area contributed by atoms with Gasteiger partial charge in [0, 0.05) is 26.2 Å². The van der Waals surface area contributed by atoms with Gasteiger partial charge in [0.05, 0.1) is 28.5 Å². The monoisotopic (exact) mass is 450 g/mol. The highest BCUT2D eigenvalue weighted by Crippen LogP contribution is 2.28. The number of amides is 1. The van der Waals surface area contributed by atoms with E-state index in [1.165, 1.54) is 12.1 Å². The highest BCUT2D eigenvalue weighted by molar-refractivity contribution is 7.16. The third kappa shape index (κ3) is 3.62. The van der Waals surface area contributed by atoms with E-state index in [1.54, 1.807) is 40.7 Å². The number of benzene rings is 1. The summed E-state index contributed by atoms with van der Waals surface area (Å²) < 4.78 is 15.1. The lowest BCUT2D eigenvalue weighted by Gasteiger charge is -2.35. The van der Waals surface area contributed by atoms with Gasteiger partial charge in [-0.1, -0.05) is 13.8 Å². The molecular formula is C23H23FN6OS. The number of hydrogen-bond donors (Lipinski definition) is 0. The molecule has 0 unspecified atom stereocenters. The first-order valence-corrected chi connectivity index (χ1v) is 11.5. The molecular weight excluding hydrogens is 427 g/mol. The normalized spacial score (nSPS) is 14.5. The van der Waals surface area contributed by atoms with Crippen LogP contribution in [0, 0.1) is 5.82 Å². The fourth-order valence-corrected chi connectivity index (χ4v) is 4.91. The molecule has 0 saturated carbocycles. The number of rotatable bonds is 4. The fraction of sp³-hybridized carbons (Fsp3) is 0.304. The molecule has 1 amide bonds. The van der Waals surface area contributed by atoms with E-state index in [2.05, 4.69) is 20.0 Å². The van der Waals surface area contributed by atoms with Gasteiger partial charge in [-0.2, -0.15) is 5.10 Å². The van der Waals surface area contributed by atoms with Crippen molar-refractivity contribution < 1.29 is 9.18 Å². The van der Waals surface area contributed by atoms with Gasteiger partial charge in [0.15, 0.2) is 0 Å². The zero-order chi connectivity index (χ0) is 22.2. The largest absolute Gasteiger partial charge is 0.352 e. The lowest BCUT2D eigenvalue weighted by atomic mass is 10.0. The Bertz CT molecular complexity index is 1260. The second kappa shape index (κ2) is 8.31. The predicted molar refractivity (Wildman–Crippen MR) is 123 cm³/mol. The molecule has 1 aliphatic heterocycles. The van der Waals surface area contributed by atoms with E-state index in [-0.39, 0.29) is 17.6 Å². The van der Waals surface area contributed by atoms with Crippen molar-refractivity contribution in [3.63, 3.8) is 0 Å². The van der Waals surface area contributed by atoms with Gasteiger partial charge in [-0.25, -0.2) is 19.0 Å². The molecule has 1 fully saturated rings. The minimum Gasteiger partial charge on any atom is -0.352 e. The van der Waals surface area contributed by atoms with Crippen molar-refractivity contribution in [2.45, 2.75) is 19.8 Å². The summed E-state index contributed by atoms with van der Waals surface area (Å²) >= 11 is 1.60. The Balaban J connectivity index is 1.36. The number of aromatic nitrogens is 4. The quantitative estimate of drug-likeness (QED) is 0.468. The molecule has 0 radical (unpaired) electrons. The summed E-state index contributed by atoms with van der Waals surface area (Å²) in [7, 11) is 0. The number of fused-ring (bicyclic) bond motifs is 1. The Kier molecular flexibility index (Phi) is 5.34. The van der Waals surface area contributed by atoms with Crippen LogP contribution in [0.1, 0.15) is 35.8 Å². The molecule has 5 rings (SSSR count). The third-order valence-electron chi connectivity index (χ3n) is 5.76. The number of thiophene rings is 1. The standard InChI is InChI=1S/C23H23FN6OS/c1-15(2)20-19(13-27-30(20)17-5-3-16(24)4-6-17)23(31)29-10-8-28(9-11-29)21-18-7-12-32-22(18)26-14-25-21/h3-7,12-15H,8-11H2,1-2H3. The highest BCUT2D eigenvalue weighted by Gasteiger charge is 2.28. The van der Waals surface area contributed by atoms with Crippen molar-refractivity contribution in [1.82, 2.24) is 24.6 Å².